The van der Waals surface area contributed by atoms with E-state index in [9.17, 15) is 20.1 Å². The van der Waals surface area contributed by atoms with E-state index in [1.54, 1.807) is 6.92 Å². The van der Waals surface area contributed by atoms with Crippen molar-refractivity contribution < 1.29 is 14.3 Å². The van der Waals surface area contributed by atoms with Crippen LogP contribution in [0.15, 0.2) is 11.6 Å². The lowest BCUT2D eigenvalue weighted by Gasteiger charge is -2.22. The van der Waals surface area contributed by atoms with Gasteiger partial charge in [0.05, 0.1) is 6.07 Å². The second kappa shape index (κ2) is 8.75. The Balaban J connectivity index is 2.03. The van der Waals surface area contributed by atoms with Crippen LogP contribution in [0.1, 0.15) is 50.1 Å². The molecule has 1 fully saturated rings. The molecule has 0 bridgehead atoms. The number of nitriles is 2. The van der Waals surface area contributed by atoms with Gasteiger partial charge < -0.3 is 14.6 Å². The molecule has 1 amide bonds. The van der Waals surface area contributed by atoms with E-state index in [1.165, 1.54) is 6.08 Å². The first kappa shape index (κ1) is 21.2. The van der Waals surface area contributed by atoms with Gasteiger partial charge in [-0.25, -0.2) is 4.79 Å². The number of rotatable bonds is 8. The van der Waals surface area contributed by atoms with Crippen LogP contribution in [0.5, 0.6) is 0 Å². The highest BCUT2D eigenvalue weighted by atomic mass is 16.5. The third-order valence-corrected chi connectivity index (χ3v) is 5.06. The molecule has 1 N–H and O–H groups in total. The summed E-state index contributed by atoms with van der Waals surface area (Å²) in [5.74, 6) is -1.28. The van der Waals surface area contributed by atoms with Gasteiger partial charge in [-0.15, -0.1) is 0 Å². The molecule has 1 heterocycles. The van der Waals surface area contributed by atoms with Crippen molar-refractivity contribution in [2.45, 2.75) is 59.0 Å². The predicted octanol–water partition coefficient (Wildman–Crippen LogP) is 2.77. The standard InChI is InChI=1S/C21H26N4O3/c1-5-8-25-14(2)9-16(15(25)3)10-17(11-22)20(27)28-12-19(26)24-21(4,13-23)18-6-7-18/h9-10,18H,5-8,12H2,1-4H3,(H,24,26)/b17-10+/t21-/m1/s1. The molecule has 28 heavy (non-hydrogen) atoms. The Hall–Kier alpha value is -3.06. The maximum Gasteiger partial charge on any atom is 0.349 e. The number of ether oxygens (including phenoxy) is 1. The number of aromatic nitrogens is 1. The molecule has 148 valence electrons. The lowest BCUT2D eigenvalue weighted by atomic mass is 9.98. The van der Waals surface area contributed by atoms with Gasteiger partial charge in [0, 0.05) is 17.9 Å². The lowest BCUT2D eigenvalue weighted by Crippen LogP contribution is -2.48. The summed E-state index contributed by atoms with van der Waals surface area (Å²) in [6, 6.07) is 5.87. The van der Waals surface area contributed by atoms with E-state index in [1.807, 2.05) is 26.0 Å². The monoisotopic (exact) mass is 382 g/mol. The molecule has 1 saturated carbocycles. The summed E-state index contributed by atoms with van der Waals surface area (Å²) >= 11 is 0. The van der Waals surface area contributed by atoms with Crippen molar-refractivity contribution in [1.82, 2.24) is 9.88 Å². The van der Waals surface area contributed by atoms with Gasteiger partial charge in [-0.2, -0.15) is 10.5 Å². The fourth-order valence-corrected chi connectivity index (χ4v) is 3.25. The number of hydrogen-bond acceptors (Lipinski definition) is 5. The Kier molecular flexibility index (Phi) is 6.64. The van der Waals surface area contributed by atoms with Gasteiger partial charge >= 0.3 is 5.97 Å². The normalized spacial score (nSPS) is 15.9. The minimum Gasteiger partial charge on any atom is -0.451 e. The lowest BCUT2D eigenvalue weighted by molar-refractivity contribution is -0.144. The fraction of sp³-hybridized carbons (Fsp3) is 0.524. The highest BCUT2D eigenvalue weighted by Crippen LogP contribution is 2.39. The van der Waals surface area contributed by atoms with Crippen LogP contribution in [0.2, 0.25) is 0 Å². The maximum atomic E-state index is 12.2. The molecule has 0 radical (unpaired) electrons. The van der Waals surface area contributed by atoms with Crippen LogP contribution in [-0.2, 0) is 20.9 Å². The number of carbonyl (C=O) groups is 2. The fourth-order valence-electron chi connectivity index (χ4n) is 3.25. The van der Waals surface area contributed by atoms with Crippen LogP contribution >= 0.6 is 0 Å². The number of esters is 1. The number of aryl methyl sites for hydroxylation is 1. The molecule has 7 heteroatoms. The van der Waals surface area contributed by atoms with Crippen molar-refractivity contribution in [3.05, 3.63) is 28.6 Å². The predicted molar refractivity (Wildman–Crippen MR) is 104 cm³/mol. The molecule has 7 nitrogen and oxygen atoms in total. The van der Waals surface area contributed by atoms with Crippen molar-refractivity contribution in [1.29, 1.82) is 10.5 Å². The molecule has 2 rings (SSSR count). The molecule has 1 aliphatic rings. The minimum atomic E-state index is -0.950. The molecule has 1 atom stereocenters. The van der Waals surface area contributed by atoms with Crippen LogP contribution in [-0.4, -0.2) is 28.6 Å². The third-order valence-electron chi connectivity index (χ3n) is 5.06. The highest BCUT2D eigenvalue weighted by molar-refractivity contribution is 5.99. The van der Waals surface area contributed by atoms with E-state index in [4.69, 9.17) is 4.74 Å². The van der Waals surface area contributed by atoms with Crippen molar-refractivity contribution in [2.75, 3.05) is 6.61 Å². The summed E-state index contributed by atoms with van der Waals surface area (Å²) in [7, 11) is 0. The Labute approximate surface area is 165 Å². The van der Waals surface area contributed by atoms with E-state index in [0.29, 0.717) is 0 Å². The largest absolute Gasteiger partial charge is 0.451 e. The van der Waals surface area contributed by atoms with Gasteiger partial charge in [-0.05, 0) is 63.7 Å². The number of hydrogen-bond donors (Lipinski definition) is 1. The van der Waals surface area contributed by atoms with Gasteiger partial charge in [-0.1, -0.05) is 6.92 Å². The summed E-state index contributed by atoms with van der Waals surface area (Å²) < 4.78 is 7.11. The first-order valence-electron chi connectivity index (χ1n) is 9.43. The molecular formula is C21H26N4O3. The molecular weight excluding hydrogens is 356 g/mol. The number of nitrogens with one attached hydrogen (secondary N) is 1. The smallest absolute Gasteiger partial charge is 0.349 e. The van der Waals surface area contributed by atoms with Crippen LogP contribution in [0, 0.1) is 42.4 Å². The summed E-state index contributed by atoms with van der Waals surface area (Å²) in [6.07, 6.45) is 4.24. The van der Waals surface area contributed by atoms with Crippen LogP contribution < -0.4 is 5.32 Å². The number of nitrogens with zero attached hydrogens (tertiary/aromatic N) is 3. The highest BCUT2D eigenvalue weighted by Gasteiger charge is 2.43. The van der Waals surface area contributed by atoms with E-state index in [-0.39, 0.29) is 11.5 Å². The zero-order valence-corrected chi connectivity index (χ0v) is 16.8. The summed E-state index contributed by atoms with van der Waals surface area (Å²) in [5, 5.41) is 21.2. The Morgan fingerprint density at radius 1 is 1.39 bits per heavy atom. The van der Waals surface area contributed by atoms with E-state index in [2.05, 4.69) is 22.9 Å². The van der Waals surface area contributed by atoms with Gasteiger partial charge in [0.25, 0.3) is 5.91 Å². The summed E-state index contributed by atoms with van der Waals surface area (Å²) in [6.45, 7) is 7.98. The topological polar surface area (TPSA) is 108 Å². The maximum absolute atomic E-state index is 12.2. The SMILES string of the molecule is CCCn1c(C)cc(/C=C(\C#N)C(=O)OCC(=O)N[C@](C)(C#N)C2CC2)c1C. The van der Waals surface area contributed by atoms with E-state index >= 15 is 0 Å². The van der Waals surface area contributed by atoms with E-state index in [0.717, 1.165) is 42.8 Å². The molecule has 1 aromatic rings. The average Bonchev–Trinajstić information content (AvgIpc) is 3.48. The molecule has 0 unspecified atom stereocenters. The molecule has 1 aliphatic carbocycles. The first-order valence-corrected chi connectivity index (χ1v) is 9.43. The number of amides is 1. The van der Waals surface area contributed by atoms with Gasteiger partial charge in [0.15, 0.2) is 6.61 Å². The third kappa shape index (κ3) is 4.80. The summed E-state index contributed by atoms with van der Waals surface area (Å²) in [4.78, 5) is 24.3. The second-order valence-corrected chi connectivity index (χ2v) is 7.36. The first-order chi connectivity index (χ1) is 13.3. The van der Waals surface area contributed by atoms with Crippen molar-refractivity contribution in [3.63, 3.8) is 0 Å². The van der Waals surface area contributed by atoms with E-state index < -0.39 is 24.0 Å². The van der Waals surface area contributed by atoms with Gasteiger partial charge in [-0.3, -0.25) is 4.79 Å². The molecule has 0 aliphatic heterocycles. The van der Waals surface area contributed by atoms with Crippen LogP contribution in [0.4, 0.5) is 0 Å². The van der Waals surface area contributed by atoms with Crippen molar-refractivity contribution >= 4 is 18.0 Å². The zero-order valence-electron chi connectivity index (χ0n) is 16.8. The average molecular weight is 382 g/mol. The second-order valence-electron chi connectivity index (χ2n) is 7.36. The molecule has 0 aromatic carbocycles. The molecule has 0 spiro atoms. The Morgan fingerprint density at radius 3 is 2.61 bits per heavy atom. The van der Waals surface area contributed by atoms with Crippen LogP contribution in [0.3, 0.4) is 0 Å². The van der Waals surface area contributed by atoms with Crippen molar-refractivity contribution in [2.24, 2.45) is 5.92 Å². The minimum absolute atomic E-state index is 0.130. The summed E-state index contributed by atoms with van der Waals surface area (Å²) in [5.41, 5.74) is 1.66. The molecule has 1 aromatic heterocycles. The Morgan fingerprint density at radius 2 is 2.07 bits per heavy atom. The Bertz CT molecular complexity index is 881. The van der Waals surface area contributed by atoms with Gasteiger partial charge in [0.1, 0.15) is 17.2 Å². The van der Waals surface area contributed by atoms with Crippen LogP contribution in [0.25, 0.3) is 6.08 Å². The quantitative estimate of drug-likeness (QED) is 0.422. The number of carbonyl (C=O) groups excluding carboxylic acids is 2. The zero-order chi connectivity index (χ0) is 20.9. The van der Waals surface area contributed by atoms with Crippen molar-refractivity contribution in [3.8, 4) is 12.1 Å². The van der Waals surface area contributed by atoms with Gasteiger partial charge in [0.2, 0.25) is 0 Å². The molecule has 0 saturated heterocycles.